The van der Waals surface area contributed by atoms with E-state index in [-0.39, 0.29) is 11.9 Å². The molecule has 19 heavy (non-hydrogen) atoms. The fraction of sp³-hybridized carbons (Fsp3) is 0.412. The third kappa shape index (κ3) is 2.95. The molecule has 2 heteroatoms. The summed E-state index contributed by atoms with van der Waals surface area (Å²) in [4.78, 5) is 0. The van der Waals surface area contributed by atoms with Crippen LogP contribution in [0.1, 0.15) is 38.8 Å². The van der Waals surface area contributed by atoms with Gasteiger partial charge in [0.2, 0.25) is 0 Å². The fourth-order valence-electron chi connectivity index (χ4n) is 2.56. The van der Waals surface area contributed by atoms with Crippen LogP contribution in [0.4, 0.5) is 4.39 Å². The molecule has 2 aromatic rings. The van der Waals surface area contributed by atoms with E-state index in [1.54, 1.807) is 6.07 Å². The van der Waals surface area contributed by atoms with Gasteiger partial charge in [0, 0.05) is 11.4 Å². The molecule has 0 fully saturated rings. The summed E-state index contributed by atoms with van der Waals surface area (Å²) in [6.07, 6.45) is 1.10. The Morgan fingerprint density at radius 2 is 1.74 bits per heavy atom. The smallest absolute Gasteiger partial charge is 0.131 e. The SMILES string of the molecule is CCCNC(c1ccc(F)c2ccccc12)C(C)C. The lowest BCUT2D eigenvalue weighted by molar-refractivity contribution is 0.415. The lowest BCUT2D eigenvalue weighted by Crippen LogP contribution is -2.26. The first kappa shape index (κ1) is 14.0. The molecule has 0 bridgehead atoms. The van der Waals surface area contributed by atoms with Crippen molar-refractivity contribution < 1.29 is 4.39 Å². The summed E-state index contributed by atoms with van der Waals surface area (Å²) in [5.74, 6) is 0.331. The second-order valence-electron chi connectivity index (χ2n) is 5.36. The minimum atomic E-state index is -0.141. The molecule has 1 atom stereocenters. The highest BCUT2D eigenvalue weighted by Gasteiger charge is 2.18. The Kier molecular flexibility index (Phi) is 4.54. The molecule has 2 aromatic carbocycles. The van der Waals surface area contributed by atoms with Crippen molar-refractivity contribution in [3.05, 3.63) is 47.8 Å². The minimum Gasteiger partial charge on any atom is -0.310 e. The number of rotatable bonds is 5. The molecule has 0 amide bonds. The second-order valence-corrected chi connectivity index (χ2v) is 5.36. The highest BCUT2D eigenvalue weighted by atomic mass is 19.1. The highest BCUT2D eigenvalue weighted by molar-refractivity contribution is 5.86. The van der Waals surface area contributed by atoms with Gasteiger partial charge in [0.1, 0.15) is 5.82 Å². The third-order valence-corrected chi connectivity index (χ3v) is 3.52. The standard InChI is InChI=1S/C17H22FN/c1-4-11-19-17(12(2)3)15-9-10-16(18)14-8-6-5-7-13(14)15/h5-10,12,17,19H,4,11H2,1-3H3. The van der Waals surface area contributed by atoms with Crippen LogP contribution in [0.25, 0.3) is 10.8 Å². The molecular weight excluding hydrogens is 237 g/mol. The number of nitrogens with one attached hydrogen (secondary N) is 1. The molecule has 1 N–H and O–H groups in total. The highest BCUT2D eigenvalue weighted by Crippen LogP contribution is 2.30. The van der Waals surface area contributed by atoms with E-state index in [0.29, 0.717) is 11.3 Å². The van der Waals surface area contributed by atoms with E-state index in [0.717, 1.165) is 18.4 Å². The predicted molar refractivity (Wildman–Crippen MR) is 79.8 cm³/mol. The molecule has 0 aliphatic carbocycles. The largest absolute Gasteiger partial charge is 0.310 e. The average molecular weight is 259 g/mol. The molecule has 0 heterocycles. The molecular formula is C17H22FN. The first-order chi connectivity index (χ1) is 9.15. The average Bonchev–Trinajstić information content (AvgIpc) is 2.41. The zero-order chi connectivity index (χ0) is 13.8. The molecule has 0 aromatic heterocycles. The van der Waals surface area contributed by atoms with Crippen LogP contribution in [0.3, 0.4) is 0 Å². The molecule has 0 spiro atoms. The van der Waals surface area contributed by atoms with Crippen LogP contribution in [0.5, 0.6) is 0 Å². The molecule has 0 radical (unpaired) electrons. The van der Waals surface area contributed by atoms with Crippen LogP contribution in [0, 0.1) is 11.7 Å². The Labute approximate surface area is 114 Å². The van der Waals surface area contributed by atoms with Crippen LogP contribution in [-0.4, -0.2) is 6.54 Å². The van der Waals surface area contributed by atoms with Crippen molar-refractivity contribution in [2.45, 2.75) is 33.2 Å². The summed E-state index contributed by atoms with van der Waals surface area (Å²) in [5, 5.41) is 5.30. The summed E-state index contributed by atoms with van der Waals surface area (Å²) >= 11 is 0. The second kappa shape index (κ2) is 6.16. The fourth-order valence-corrected chi connectivity index (χ4v) is 2.56. The maximum atomic E-state index is 13.9. The van der Waals surface area contributed by atoms with Gasteiger partial charge in [-0.05, 0) is 35.9 Å². The van der Waals surface area contributed by atoms with Crippen LogP contribution in [0.15, 0.2) is 36.4 Å². The normalized spacial score (nSPS) is 13.1. The van der Waals surface area contributed by atoms with Crippen LogP contribution in [-0.2, 0) is 0 Å². The van der Waals surface area contributed by atoms with Crippen molar-refractivity contribution in [3.8, 4) is 0 Å². The zero-order valence-electron chi connectivity index (χ0n) is 11.9. The molecule has 0 saturated carbocycles. The lowest BCUT2D eigenvalue weighted by Gasteiger charge is -2.24. The minimum absolute atomic E-state index is 0.141. The van der Waals surface area contributed by atoms with E-state index in [2.05, 4.69) is 26.1 Å². The Morgan fingerprint density at radius 1 is 1.05 bits per heavy atom. The van der Waals surface area contributed by atoms with Gasteiger partial charge < -0.3 is 5.32 Å². The Bertz CT molecular complexity index is 548. The monoisotopic (exact) mass is 259 g/mol. The van der Waals surface area contributed by atoms with Gasteiger partial charge in [0.05, 0.1) is 0 Å². The summed E-state index contributed by atoms with van der Waals surface area (Å²) < 4.78 is 13.9. The van der Waals surface area contributed by atoms with E-state index < -0.39 is 0 Å². The quantitative estimate of drug-likeness (QED) is 0.822. The summed E-state index contributed by atoms with van der Waals surface area (Å²) in [6.45, 7) is 7.54. The van der Waals surface area contributed by atoms with Crippen molar-refractivity contribution >= 4 is 10.8 Å². The van der Waals surface area contributed by atoms with Gasteiger partial charge >= 0.3 is 0 Å². The number of hydrogen-bond donors (Lipinski definition) is 1. The van der Waals surface area contributed by atoms with Crippen molar-refractivity contribution in [3.63, 3.8) is 0 Å². The Balaban J connectivity index is 2.50. The van der Waals surface area contributed by atoms with Gasteiger partial charge in [-0.2, -0.15) is 0 Å². The number of benzene rings is 2. The molecule has 0 aliphatic heterocycles. The van der Waals surface area contributed by atoms with Gasteiger partial charge in [0.25, 0.3) is 0 Å². The molecule has 0 saturated heterocycles. The summed E-state index contributed by atoms with van der Waals surface area (Å²) in [7, 11) is 0. The van der Waals surface area contributed by atoms with Crippen LogP contribution >= 0.6 is 0 Å². The third-order valence-electron chi connectivity index (χ3n) is 3.52. The number of fused-ring (bicyclic) bond motifs is 1. The first-order valence-electron chi connectivity index (χ1n) is 7.05. The topological polar surface area (TPSA) is 12.0 Å². The van der Waals surface area contributed by atoms with Gasteiger partial charge in [0.15, 0.2) is 0 Å². The molecule has 1 nitrogen and oxygen atoms in total. The van der Waals surface area contributed by atoms with Crippen molar-refractivity contribution in [2.24, 2.45) is 5.92 Å². The van der Waals surface area contributed by atoms with Crippen LogP contribution in [0.2, 0.25) is 0 Å². The summed E-state index contributed by atoms with van der Waals surface area (Å²) in [5.41, 5.74) is 1.19. The van der Waals surface area contributed by atoms with E-state index in [9.17, 15) is 4.39 Å². The van der Waals surface area contributed by atoms with Gasteiger partial charge in [-0.3, -0.25) is 0 Å². The number of hydrogen-bond acceptors (Lipinski definition) is 1. The molecule has 0 aliphatic rings. The van der Waals surface area contributed by atoms with Crippen LogP contribution < -0.4 is 5.32 Å². The maximum Gasteiger partial charge on any atom is 0.131 e. The number of halogens is 1. The lowest BCUT2D eigenvalue weighted by atomic mass is 9.91. The van der Waals surface area contributed by atoms with E-state index in [1.165, 1.54) is 5.56 Å². The summed E-state index contributed by atoms with van der Waals surface area (Å²) in [6, 6.07) is 11.5. The Morgan fingerprint density at radius 3 is 2.37 bits per heavy atom. The maximum absolute atomic E-state index is 13.9. The molecule has 1 unspecified atom stereocenters. The first-order valence-corrected chi connectivity index (χ1v) is 7.05. The van der Waals surface area contributed by atoms with Crippen molar-refractivity contribution in [2.75, 3.05) is 6.54 Å². The van der Waals surface area contributed by atoms with Gasteiger partial charge in [-0.25, -0.2) is 4.39 Å². The Hall–Kier alpha value is -1.41. The zero-order valence-corrected chi connectivity index (χ0v) is 11.9. The van der Waals surface area contributed by atoms with Crippen molar-refractivity contribution in [1.82, 2.24) is 5.32 Å². The molecule has 102 valence electrons. The van der Waals surface area contributed by atoms with E-state index >= 15 is 0 Å². The van der Waals surface area contributed by atoms with E-state index in [1.807, 2.05) is 30.3 Å². The van der Waals surface area contributed by atoms with Gasteiger partial charge in [-0.15, -0.1) is 0 Å². The van der Waals surface area contributed by atoms with Crippen molar-refractivity contribution in [1.29, 1.82) is 0 Å². The van der Waals surface area contributed by atoms with Gasteiger partial charge in [-0.1, -0.05) is 51.1 Å². The predicted octanol–water partition coefficient (Wildman–Crippen LogP) is 4.68. The molecule has 2 rings (SSSR count). The van der Waals surface area contributed by atoms with E-state index in [4.69, 9.17) is 0 Å².